The van der Waals surface area contributed by atoms with Crippen LogP contribution in [0.1, 0.15) is 11.1 Å². The van der Waals surface area contributed by atoms with Crippen molar-refractivity contribution in [1.29, 1.82) is 0 Å². The van der Waals surface area contributed by atoms with E-state index in [-0.39, 0.29) is 0 Å². The average Bonchev–Trinajstić information content (AvgIpc) is 3.05. The molecule has 5 heteroatoms. The Bertz CT molecular complexity index is 823. The molecule has 1 heterocycles. The quantitative estimate of drug-likeness (QED) is 0.401. The van der Waals surface area contributed by atoms with Gasteiger partial charge >= 0.3 is 0 Å². The van der Waals surface area contributed by atoms with E-state index in [1.54, 1.807) is 11.3 Å². The molecule has 0 bridgehead atoms. The molecular formula is C18H18N4S+2. The summed E-state index contributed by atoms with van der Waals surface area (Å²) >= 11 is 1.70. The molecule has 2 aromatic carbocycles. The van der Waals surface area contributed by atoms with Gasteiger partial charge in [-0.2, -0.15) is 0 Å². The number of thiophene rings is 1. The molecule has 114 valence electrons. The van der Waals surface area contributed by atoms with Crippen LogP contribution in [0.4, 0.5) is 0 Å². The van der Waals surface area contributed by atoms with Crippen LogP contribution in [0.5, 0.6) is 0 Å². The molecule has 0 saturated heterocycles. The minimum atomic E-state index is 0.324. The molecule has 23 heavy (non-hydrogen) atoms. The van der Waals surface area contributed by atoms with Gasteiger partial charge in [0.15, 0.2) is 0 Å². The third-order valence-corrected chi connectivity index (χ3v) is 4.75. The average molecular weight is 322 g/mol. The lowest BCUT2D eigenvalue weighted by molar-refractivity contribution is -0.115. The largest absolute Gasteiger partial charge is 0.287 e. The van der Waals surface area contributed by atoms with Gasteiger partial charge in [-0.15, -0.1) is 11.3 Å². The number of amidine groups is 2. The third kappa shape index (κ3) is 3.14. The predicted molar refractivity (Wildman–Crippen MR) is 95.6 cm³/mol. The Kier molecular flexibility index (Phi) is 3.95. The molecule has 0 unspecified atom stereocenters. The van der Waals surface area contributed by atoms with E-state index >= 15 is 0 Å². The van der Waals surface area contributed by atoms with Crippen molar-refractivity contribution < 1.29 is 10.8 Å². The Balaban J connectivity index is 1.97. The minimum absolute atomic E-state index is 0.324. The Morgan fingerprint density at radius 1 is 0.696 bits per heavy atom. The standard InChI is InChI=1S/C18H16N4S/c19-17(20)13-5-1-3-11(9-13)15-7-8-16(23-15)12-4-2-6-14(10-12)18(21)22/h1-10H,(H3,19,20)(H3,21,22)/p+2. The van der Waals surface area contributed by atoms with E-state index in [2.05, 4.69) is 12.1 Å². The van der Waals surface area contributed by atoms with Crippen molar-refractivity contribution in [3.05, 3.63) is 71.8 Å². The van der Waals surface area contributed by atoms with Crippen molar-refractivity contribution in [2.75, 3.05) is 0 Å². The fourth-order valence-electron chi connectivity index (χ4n) is 2.35. The highest BCUT2D eigenvalue weighted by atomic mass is 32.1. The van der Waals surface area contributed by atoms with E-state index in [0.717, 1.165) is 32.0 Å². The lowest BCUT2D eigenvalue weighted by Crippen LogP contribution is -2.46. The molecule has 0 aliphatic carbocycles. The molecule has 0 radical (unpaired) electrons. The van der Waals surface area contributed by atoms with Crippen LogP contribution in [-0.2, 0) is 0 Å². The van der Waals surface area contributed by atoms with Gasteiger partial charge in [-0.25, -0.2) is 0 Å². The fraction of sp³-hybridized carbons (Fsp3) is 0. The first-order chi connectivity index (χ1) is 11.0. The highest BCUT2D eigenvalue weighted by Gasteiger charge is 2.09. The van der Waals surface area contributed by atoms with Crippen molar-refractivity contribution in [2.24, 2.45) is 11.5 Å². The molecule has 0 aliphatic heterocycles. The minimum Gasteiger partial charge on any atom is -0.287 e. The van der Waals surface area contributed by atoms with E-state index in [9.17, 15) is 0 Å². The first kappa shape index (κ1) is 15.0. The summed E-state index contributed by atoms with van der Waals surface area (Å²) in [6.45, 7) is 0. The topological polar surface area (TPSA) is 103 Å². The predicted octanol–water partition coefficient (Wildman–Crippen LogP) is 0.0109. The van der Waals surface area contributed by atoms with Crippen molar-refractivity contribution >= 4 is 23.0 Å². The SMILES string of the molecule is NC(=[NH2+])c1cccc(-c2ccc(-c3cccc(C(N)=[NH2+])c3)s2)c1. The summed E-state index contributed by atoms with van der Waals surface area (Å²) in [7, 11) is 0. The van der Waals surface area contributed by atoms with Gasteiger partial charge in [-0.05, 0) is 47.5 Å². The van der Waals surface area contributed by atoms with Crippen LogP contribution in [0.2, 0.25) is 0 Å². The van der Waals surface area contributed by atoms with Gasteiger partial charge in [0.1, 0.15) is 0 Å². The fourth-order valence-corrected chi connectivity index (χ4v) is 3.35. The van der Waals surface area contributed by atoms with Crippen molar-refractivity contribution in [3.63, 3.8) is 0 Å². The molecule has 8 N–H and O–H groups in total. The number of hydrogen-bond acceptors (Lipinski definition) is 1. The molecule has 4 nitrogen and oxygen atoms in total. The number of nitrogens with two attached hydrogens (primary N) is 4. The smallest absolute Gasteiger partial charge is 0.270 e. The van der Waals surface area contributed by atoms with Gasteiger partial charge in [0.25, 0.3) is 11.7 Å². The summed E-state index contributed by atoms with van der Waals surface area (Å²) in [5.74, 6) is 0.649. The normalized spacial score (nSPS) is 10.4. The summed E-state index contributed by atoms with van der Waals surface area (Å²) in [6.07, 6.45) is 0. The molecule has 0 saturated carbocycles. The van der Waals surface area contributed by atoms with Crippen LogP contribution in [0.15, 0.2) is 60.7 Å². The van der Waals surface area contributed by atoms with E-state index in [4.69, 9.17) is 22.3 Å². The number of benzene rings is 2. The summed E-state index contributed by atoms with van der Waals surface area (Å²) in [5.41, 5.74) is 15.2. The van der Waals surface area contributed by atoms with E-state index in [1.165, 1.54) is 0 Å². The van der Waals surface area contributed by atoms with Crippen molar-refractivity contribution in [1.82, 2.24) is 0 Å². The second-order valence-electron chi connectivity index (χ2n) is 5.24. The molecule has 0 amide bonds. The van der Waals surface area contributed by atoms with Gasteiger partial charge in [0.05, 0.1) is 11.1 Å². The van der Waals surface area contributed by atoms with Crippen LogP contribution in [-0.4, -0.2) is 11.7 Å². The highest BCUT2D eigenvalue weighted by molar-refractivity contribution is 7.18. The molecule has 1 aromatic heterocycles. The van der Waals surface area contributed by atoms with Gasteiger partial charge in [0, 0.05) is 9.75 Å². The lowest BCUT2D eigenvalue weighted by Gasteiger charge is -2.01. The molecular weight excluding hydrogens is 304 g/mol. The van der Waals surface area contributed by atoms with Crippen LogP contribution < -0.4 is 22.3 Å². The highest BCUT2D eigenvalue weighted by Crippen LogP contribution is 2.34. The summed E-state index contributed by atoms with van der Waals surface area (Å²) in [4.78, 5) is 2.30. The zero-order chi connectivity index (χ0) is 16.4. The van der Waals surface area contributed by atoms with Gasteiger partial charge in [0.2, 0.25) is 0 Å². The van der Waals surface area contributed by atoms with Crippen molar-refractivity contribution in [3.8, 4) is 20.9 Å². The maximum absolute atomic E-state index is 5.67. The Morgan fingerprint density at radius 2 is 1.13 bits per heavy atom. The Hall–Kier alpha value is -2.92. The van der Waals surface area contributed by atoms with Crippen LogP contribution in [0.25, 0.3) is 20.9 Å². The summed E-state index contributed by atoms with van der Waals surface area (Å²) in [6, 6.07) is 20.0. The van der Waals surface area contributed by atoms with Crippen molar-refractivity contribution in [2.45, 2.75) is 0 Å². The first-order valence-electron chi connectivity index (χ1n) is 7.12. The van der Waals surface area contributed by atoms with Gasteiger partial charge in [-0.1, -0.05) is 24.3 Å². The summed E-state index contributed by atoms with van der Waals surface area (Å²) in [5, 5.41) is 11.3. The molecule has 0 fully saturated rings. The molecule has 3 aromatic rings. The van der Waals surface area contributed by atoms with E-state index in [0.29, 0.717) is 11.7 Å². The Morgan fingerprint density at radius 3 is 1.52 bits per heavy atom. The zero-order valence-corrected chi connectivity index (χ0v) is 13.3. The summed E-state index contributed by atoms with van der Waals surface area (Å²) < 4.78 is 0. The van der Waals surface area contributed by atoms with Gasteiger partial charge < -0.3 is 0 Å². The molecule has 3 rings (SSSR count). The van der Waals surface area contributed by atoms with Gasteiger partial charge in [-0.3, -0.25) is 22.3 Å². The van der Waals surface area contributed by atoms with Crippen LogP contribution >= 0.6 is 11.3 Å². The van der Waals surface area contributed by atoms with Crippen LogP contribution in [0, 0.1) is 0 Å². The second-order valence-corrected chi connectivity index (χ2v) is 6.32. The zero-order valence-electron chi connectivity index (χ0n) is 12.5. The monoisotopic (exact) mass is 322 g/mol. The van der Waals surface area contributed by atoms with E-state index < -0.39 is 0 Å². The van der Waals surface area contributed by atoms with Crippen LogP contribution in [0.3, 0.4) is 0 Å². The van der Waals surface area contributed by atoms with E-state index in [1.807, 2.05) is 48.5 Å². The third-order valence-electron chi connectivity index (χ3n) is 3.57. The number of hydrogen-bond donors (Lipinski definition) is 4. The Labute approximate surface area is 138 Å². The second kappa shape index (κ2) is 6.06. The first-order valence-corrected chi connectivity index (χ1v) is 7.93. The molecule has 0 aliphatic rings. The number of rotatable bonds is 4. The maximum atomic E-state index is 5.67. The molecule has 0 atom stereocenters. The molecule has 0 spiro atoms. The lowest BCUT2D eigenvalue weighted by atomic mass is 10.1. The maximum Gasteiger partial charge on any atom is 0.270 e.